The molecule has 3 aromatic heterocycles. The minimum atomic E-state index is -0.402. The van der Waals surface area contributed by atoms with E-state index in [2.05, 4.69) is 40.9 Å². The van der Waals surface area contributed by atoms with Gasteiger partial charge in [0.25, 0.3) is 5.91 Å². The van der Waals surface area contributed by atoms with Crippen LogP contribution in [0.5, 0.6) is 0 Å². The van der Waals surface area contributed by atoms with Crippen LogP contribution in [-0.2, 0) is 16.1 Å². The zero-order valence-electron chi connectivity index (χ0n) is 23.8. The number of aromatic nitrogens is 5. The van der Waals surface area contributed by atoms with E-state index in [1.165, 1.54) is 29.9 Å². The van der Waals surface area contributed by atoms with Gasteiger partial charge in [-0.3, -0.25) is 14.6 Å². The van der Waals surface area contributed by atoms with Crippen molar-refractivity contribution in [1.82, 2.24) is 35.6 Å². The minimum absolute atomic E-state index is 0.0303. The highest BCUT2D eigenvalue weighted by molar-refractivity contribution is 7.22. The molecule has 6 rings (SSSR count). The number of hydrogen-bond donors (Lipinski definition) is 4. The first-order valence-corrected chi connectivity index (χ1v) is 15.4. The van der Waals surface area contributed by atoms with Crippen LogP contribution in [0, 0.1) is 5.92 Å². The Balaban J connectivity index is 0.961. The van der Waals surface area contributed by atoms with E-state index in [-0.39, 0.29) is 48.2 Å². The topological polar surface area (TPSA) is 164 Å². The highest BCUT2D eigenvalue weighted by atomic mass is 32.1. The molecular formula is C30H34N8O4S. The van der Waals surface area contributed by atoms with Crippen molar-refractivity contribution in [2.24, 2.45) is 5.92 Å². The van der Waals surface area contributed by atoms with Gasteiger partial charge in [-0.1, -0.05) is 17.4 Å². The van der Waals surface area contributed by atoms with Gasteiger partial charge in [-0.2, -0.15) is 0 Å². The maximum atomic E-state index is 12.9. The lowest BCUT2D eigenvalue weighted by Gasteiger charge is -2.36. The summed E-state index contributed by atoms with van der Waals surface area (Å²) in [6, 6.07) is 6.19. The Bertz CT molecular complexity index is 1560. The predicted molar refractivity (Wildman–Crippen MR) is 161 cm³/mol. The number of nitrogens with zero attached hydrogens (tertiary/aromatic N) is 5. The fourth-order valence-electron chi connectivity index (χ4n) is 5.41. The van der Waals surface area contributed by atoms with Gasteiger partial charge in [0.1, 0.15) is 12.3 Å². The number of hydrogen-bond acceptors (Lipinski definition) is 11. The number of thiazole rings is 1. The van der Waals surface area contributed by atoms with Crippen molar-refractivity contribution in [3.05, 3.63) is 60.7 Å². The lowest BCUT2D eigenvalue weighted by molar-refractivity contribution is -0.123. The third-order valence-electron chi connectivity index (χ3n) is 7.90. The molecular weight excluding hydrogens is 568 g/mol. The summed E-state index contributed by atoms with van der Waals surface area (Å²) in [4.78, 5) is 46.4. The summed E-state index contributed by atoms with van der Waals surface area (Å²) in [5.41, 5.74) is 2.94. The molecule has 224 valence electrons. The lowest BCUT2D eigenvalue weighted by Crippen LogP contribution is -2.51. The zero-order chi connectivity index (χ0) is 29.8. The molecule has 3 atom stereocenters. The second-order valence-electron chi connectivity index (χ2n) is 11.2. The largest absolute Gasteiger partial charge is 0.390 e. The van der Waals surface area contributed by atoms with E-state index in [9.17, 15) is 14.7 Å². The van der Waals surface area contributed by atoms with Crippen molar-refractivity contribution in [3.63, 3.8) is 0 Å². The molecule has 0 spiro atoms. The molecule has 3 heterocycles. The van der Waals surface area contributed by atoms with E-state index in [4.69, 9.17) is 4.74 Å². The molecule has 2 amide bonds. The van der Waals surface area contributed by atoms with E-state index < -0.39 is 6.10 Å². The van der Waals surface area contributed by atoms with Gasteiger partial charge in [-0.15, -0.1) is 0 Å². The first-order chi connectivity index (χ1) is 20.9. The van der Waals surface area contributed by atoms with E-state index in [1.54, 1.807) is 12.4 Å². The highest BCUT2D eigenvalue weighted by Gasteiger charge is 2.35. The second kappa shape index (κ2) is 13.2. The van der Waals surface area contributed by atoms with Crippen molar-refractivity contribution in [1.29, 1.82) is 0 Å². The van der Waals surface area contributed by atoms with Gasteiger partial charge in [0.05, 0.1) is 28.6 Å². The highest BCUT2D eigenvalue weighted by Crippen LogP contribution is 2.33. The smallest absolute Gasteiger partial charge is 0.271 e. The number of amides is 2. The van der Waals surface area contributed by atoms with Crippen LogP contribution < -0.4 is 16.0 Å². The number of aliphatic hydroxyl groups excluding tert-OH is 1. The Morgan fingerprint density at radius 1 is 1.09 bits per heavy atom. The molecule has 1 aromatic carbocycles. The summed E-state index contributed by atoms with van der Waals surface area (Å²) in [6.07, 6.45) is 11.5. The van der Waals surface area contributed by atoms with E-state index >= 15 is 0 Å². The van der Waals surface area contributed by atoms with Crippen molar-refractivity contribution in [2.45, 2.75) is 69.9 Å². The number of rotatable bonds is 11. The van der Waals surface area contributed by atoms with Gasteiger partial charge in [0.15, 0.2) is 11.0 Å². The predicted octanol–water partition coefficient (Wildman–Crippen LogP) is 3.10. The first kappa shape index (κ1) is 29.2. The van der Waals surface area contributed by atoms with Gasteiger partial charge in [0.2, 0.25) is 5.91 Å². The Morgan fingerprint density at radius 2 is 1.93 bits per heavy atom. The monoisotopic (exact) mass is 602 g/mol. The molecule has 43 heavy (non-hydrogen) atoms. The Kier molecular flexibility index (Phi) is 8.93. The van der Waals surface area contributed by atoms with Crippen LogP contribution in [0.1, 0.15) is 55.3 Å². The van der Waals surface area contributed by atoms with E-state index in [0.717, 1.165) is 53.4 Å². The summed E-state index contributed by atoms with van der Waals surface area (Å²) in [6.45, 7) is 2.73. The Hall–Kier alpha value is -3.91. The van der Waals surface area contributed by atoms with Crippen LogP contribution in [0.15, 0.2) is 49.2 Å². The van der Waals surface area contributed by atoms with Crippen LogP contribution >= 0.6 is 11.3 Å². The molecule has 0 bridgehead atoms. The average molecular weight is 603 g/mol. The maximum absolute atomic E-state index is 12.9. The molecule has 0 saturated heterocycles. The molecule has 0 aliphatic heterocycles. The summed E-state index contributed by atoms with van der Waals surface area (Å²) >= 11 is 1.44. The normalized spacial score (nSPS) is 22.2. The summed E-state index contributed by atoms with van der Waals surface area (Å²) < 4.78 is 6.74. The molecule has 12 nitrogen and oxygen atoms in total. The van der Waals surface area contributed by atoms with Gasteiger partial charge >= 0.3 is 0 Å². The molecule has 2 aliphatic carbocycles. The zero-order valence-corrected chi connectivity index (χ0v) is 24.6. The molecule has 4 N–H and O–H groups in total. The van der Waals surface area contributed by atoms with Crippen molar-refractivity contribution in [3.8, 4) is 11.1 Å². The molecule has 0 unspecified atom stereocenters. The number of fused-ring (bicyclic) bond motifs is 1. The van der Waals surface area contributed by atoms with Crippen LogP contribution in [0.25, 0.3) is 21.3 Å². The lowest BCUT2D eigenvalue weighted by atomic mass is 9.79. The fourth-order valence-corrected chi connectivity index (χ4v) is 6.32. The Morgan fingerprint density at radius 3 is 2.67 bits per heavy atom. The standard InChI is InChI=1S/C30H34N8O4S/c1-17(12-35-29(41)23-15-31-7-8-32-23)36-21-9-19(10-21)28(40)38-30-37-22-6-5-18(11-26(22)43-30)20-13-33-27(34-14-20)16-42-25-4-2-3-24(25)39/h5-8,11,13-15,17,19,21,24-25,36,39H,2-4,9-10,12,16H2,1H3,(H,35,41)(H,37,38,40)/t17-,19?,21?,24-,25-/m0/s1. The van der Waals surface area contributed by atoms with Crippen LogP contribution in [-0.4, -0.2) is 72.7 Å². The summed E-state index contributed by atoms with van der Waals surface area (Å²) in [7, 11) is 0. The van der Waals surface area contributed by atoms with Crippen molar-refractivity contribution < 1.29 is 19.4 Å². The third-order valence-corrected chi connectivity index (χ3v) is 8.83. The van der Waals surface area contributed by atoms with E-state index in [1.807, 2.05) is 25.1 Å². The van der Waals surface area contributed by atoms with Crippen LogP contribution in [0.4, 0.5) is 5.13 Å². The summed E-state index contributed by atoms with van der Waals surface area (Å²) in [5.74, 6) is 0.207. The first-order valence-electron chi connectivity index (χ1n) is 14.5. The maximum Gasteiger partial charge on any atom is 0.271 e. The molecule has 2 saturated carbocycles. The van der Waals surface area contributed by atoms with Gasteiger partial charge in [-0.05, 0) is 56.7 Å². The second-order valence-corrected chi connectivity index (χ2v) is 12.2. The fraction of sp³-hybridized carbons (Fsp3) is 0.433. The third kappa shape index (κ3) is 7.19. The van der Waals surface area contributed by atoms with E-state index in [0.29, 0.717) is 17.5 Å². The SMILES string of the molecule is C[C@@H](CNC(=O)c1cnccn1)NC1CC(C(=O)Nc2nc3ccc(-c4cnc(CO[C@H]5CCC[C@@H]5O)nc4)cc3s2)C1. The molecule has 2 fully saturated rings. The van der Waals surface area contributed by atoms with Crippen LogP contribution in [0.2, 0.25) is 0 Å². The Labute approximate surface area is 252 Å². The number of nitrogens with one attached hydrogen (secondary N) is 3. The van der Waals surface area contributed by atoms with Gasteiger partial charge in [-0.25, -0.2) is 19.9 Å². The number of aliphatic hydroxyl groups is 1. The van der Waals surface area contributed by atoms with Crippen molar-refractivity contribution in [2.75, 3.05) is 11.9 Å². The van der Waals surface area contributed by atoms with Gasteiger partial charge in [0, 0.05) is 54.9 Å². The molecule has 13 heteroatoms. The quantitative estimate of drug-likeness (QED) is 0.201. The summed E-state index contributed by atoms with van der Waals surface area (Å²) in [5, 5.41) is 19.8. The van der Waals surface area contributed by atoms with Gasteiger partial charge < -0.3 is 25.8 Å². The number of carbonyl (C=O) groups is 2. The number of carbonyl (C=O) groups excluding carboxylic acids is 2. The number of ether oxygens (including phenoxy) is 1. The van der Waals surface area contributed by atoms with Crippen LogP contribution in [0.3, 0.4) is 0 Å². The van der Waals surface area contributed by atoms with Crippen molar-refractivity contribution >= 4 is 38.5 Å². The number of anilines is 1. The molecule has 4 aromatic rings. The number of benzene rings is 1. The molecule has 2 aliphatic rings. The average Bonchev–Trinajstić information content (AvgIpc) is 3.61. The minimum Gasteiger partial charge on any atom is -0.390 e. The molecule has 0 radical (unpaired) electrons.